The number of piperazine rings is 1. The monoisotopic (exact) mass is 289 g/mol. The maximum absolute atomic E-state index is 9.63. The zero-order valence-electron chi connectivity index (χ0n) is 12.7. The molecule has 0 amide bonds. The summed E-state index contributed by atoms with van der Waals surface area (Å²) in [6, 6.07) is 2.49. The number of H-pyrrole nitrogens is 1. The van der Waals surface area contributed by atoms with Gasteiger partial charge in [-0.3, -0.25) is 4.90 Å². The van der Waals surface area contributed by atoms with Gasteiger partial charge in [-0.2, -0.15) is 0 Å². The van der Waals surface area contributed by atoms with Gasteiger partial charge in [-0.15, -0.1) is 0 Å². The van der Waals surface area contributed by atoms with Crippen molar-refractivity contribution < 1.29 is 5.11 Å². The molecule has 2 aromatic rings. The van der Waals surface area contributed by atoms with Crippen LogP contribution in [0.5, 0.6) is 0 Å². The van der Waals surface area contributed by atoms with Crippen molar-refractivity contribution in [1.29, 1.82) is 0 Å². The molecule has 6 nitrogen and oxygen atoms in total. The Hall–Kier alpha value is -1.66. The van der Waals surface area contributed by atoms with E-state index in [-0.39, 0.29) is 6.10 Å². The lowest BCUT2D eigenvalue weighted by Gasteiger charge is -2.42. The number of anilines is 1. The highest BCUT2D eigenvalue weighted by Gasteiger charge is 2.28. The lowest BCUT2D eigenvalue weighted by atomic mass is 10.1. The first-order valence-corrected chi connectivity index (χ1v) is 7.64. The smallest absolute Gasteiger partial charge is 0.142 e. The standard InChI is InChI=1S/C15H23N5O/c1-3-12-9-20(7-6-19(12)8-11(2)21)15-13-4-5-16-14(13)17-10-18-15/h4-5,10-12,21H,3,6-9H2,1-2H3,(H,16,17,18)/t11-,12-/m1/s1. The zero-order chi connectivity index (χ0) is 14.8. The van der Waals surface area contributed by atoms with E-state index >= 15 is 0 Å². The number of fused-ring (bicyclic) bond motifs is 1. The number of nitrogens with zero attached hydrogens (tertiary/aromatic N) is 4. The molecule has 21 heavy (non-hydrogen) atoms. The molecule has 2 aromatic heterocycles. The predicted octanol–water partition coefficient (Wildman–Crippen LogP) is 1.24. The fourth-order valence-corrected chi connectivity index (χ4v) is 3.16. The molecule has 3 rings (SSSR count). The number of aliphatic hydroxyl groups is 1. The first kappa shape index (κ1) is 14.3. The lowest BCUT2D eigenvalue weighted by molar-refractivity contribution is 0.0885. The van der Waals surface area contributed by atoms with E-state index in [9.17, 15) is 5.11 Å². The van der Waals surface area contributed by atoms with E-state index in [1.807, 2.05) is 19.2 Å². The lowest BCUT2D eigenvalue weighted by Crippen LogP contribution is -2.54. The number of hydrogen-bond donors (Lipinski definition) is 2. The molecule has 1 aliphatic heterocycles. The summed E-state index contributed by atoms with van der Waals surface area (Å²) in [5.41, 5.74) is 0.888. The van der Waals surface area contributed by atoms with Gasteiger partial charge in [-0.1, -0.05) is 6.92 Å². The van der Waals surface area contributed by atoms with E-state index in [1.54, 1.807) is 6.33 Å². The average molecular weight is 289 g/mol. The number of nitrogens with one attached hydrogen (secondary N) is 1. The van der Waals surface area contributed by atoms with E-state index in [0.29, 0.717) is 6.04 Å². The molecule has 2 atom stereocenters. The van der Waals surface area contributed by atoms with Crippen LogP contribution in [0.2, 0.25) is 0 Å². The van der Waals surface area contributed by atoms with Gasteiger partial charge in [-0.25, -0.2) is 9.97 Å². The minimum absolute atomic E-state index is 0.277. The van der Waals surface area contributed by atoms with Crippen LogP contribution in [-0.4, -0.2) is 63.3 Å². The fraction of sp³-hybridized carbons (Fsp3) is 0.600. The molecule has 0 aliphatic carbocycles. The van der Waals surface area contributed by atoms with Gasteiger partial charge in [0.1, 0.15) is 17.8 Å². The summed E-state index contributed by atoms with van der Waals surface area (Å²) < 4.78 is 0. The first-order chi connectivity index (χ1) is 10.2. The highest BCUT2D eigenvalue weighted by molar-refractivity contribution is 5.87. The van der Waals surface area contributed by atoms with Crippen molar-refractivity contribution in [3.63, 3.8) is 0 Å². The Morgan fingerprint density at radius 2 is 2.29 bits per heavy atom. The molecular formula is C15H23N5O. The SMILES string of the molecule is CC[C@@H]1CN(c2ncnc3[nH]ccc23)CCN1C[C@@H](C)O. The van der Waals surface area contributed by atoms with Gasteiger partial charge < -0.3 is 15.0 Å². The molecule has 6 heteroatoms. The van der Waals surface area contributed by atoms with Crippen LogP contribution in [0.3, 0.4) is 0 Å². The second kappa shape index (κ2) is 5.99. The highest BCUT2D eigenvalue weighted by atomic mass is 16.3. The van der Waals surface area contributed by atoms with E-state index < -0.39 is 0 Å². The summed E-state index contributed by atoms with van der Waals surface area (Å²) in [4.78, 5) is 16.6. The Bertz CT molecular complexity index is 597. The Labute approximate surface area is 124 Å². The van der Waals surface area contributed by atoms with Crippen molar-refractivity contribution in [2.45, 2.75) is 32.4 Å². The summed E-state index contributed by atoms with van der Waals surface area (Å²) >= 11 is 0. The molecule has 1 fully saturated rings. The average Bonchev–Trinajstić information content (AvgIpc) is 2.95. The van der Waals surface area contributed by atoms with E-state index in [0.717, 1.165) is 49.5 Å². The second-order valence-electron chi connectivity index (χ2n) is 5.79. The van der Waals surface area contributed by atoms with E-state index in [4.69, 9.17) is 0 Å². The second-order valence-corrected chi connectivity index (χ2v) is 5.79. The van der Waals surface area contributed by atoms with Crippen molar-refractivity contribution in [1.82, 2.24) is 19.9 Å². The number of hydrogen-bond acceptors (Lipinski definition) is 5. The van der Waals surface area contributed by atoms with Crippen molar-refractivity contribution in [2.75, 3.05) is 31.1 Å². The molecule has 0 aromatic carbocycles. The maximum atomic E-state index is 9.63. The summed E-state index contributed by atoms with van der Waals surface area (Å²) in [6.07, 6.45) is 4.33. The quantitative estimate of drug-likeness (QED) is 0.886. The van der Waals surface area contributed by atoms with Crippen LogP contribution in [0.25, 0.3) is 11.0 Å². The van der Waals surface area contributed by atoms with Gasteiger partial charge in [0.2, 0.25) is 0 Å². The summed E-state index contributed by atoms with van der Waals surface area (Å²) in [5.74, 6) is 1.01. The third-order valence-electron chi connectivity index (χ3n) is 4.21. The van der Waals surface area contributed by atoms with Crippen LogP contribution in [0.1, 0.15) is 20.3 Å². The van der Waals surface area contributed by atoms with E-state index in [2.05, 4.69) is 31.7 Å². The van der Waals surface area contributed by atoms with Gasteiger partial charge >= 0.3 is 0 Å². The molecule has 0 saturated carbocycles. The third-order valence-corrected chi connectivity index (χ3v) is 4.21. The number of aliphatic hydroxyl groups excluding tert-OH is 1. The zero-order valence-corrected chi connectivity index (χ0v) is 12.7. The Balaban J connectivity index is 1.80. The molecule has 0 radical (unpaired) electrons. The van der Waals surface area contributed by atoms with Crippen molar-refractivity contribution in [3.05, 3.63) is 18.6 Å². The van der Waals surface area contributed by atoms with Crippen LogP contribution >= 0.6 is 0 Å². The van der Waals surface area contributed by atoms with Crippen molar-refractivity contribution in [2.24, 2.45) is 0 Å². The van der Waals surface area contributed by atoms with Crippen LogP contribution in [-0.2, 0) is 0 Å². The van der Waals surface area contributed by atoms with Crippen LogP contribution in [0, 0.1) is 0 Å². The molecule has 1 aliphatic rings. The third kappa shape index (κ3) is 2.87. The molecule has 0 unspecified atom stereocenters. The maximum Gasteiger partial charge on any atom is 0.142 e. The minimum Gasteiger partial charge on any atom is -0.392 e. The topological polar surface area (TPSA) is 68.3 Å². The normalized spacial score (nSPS) is 21.9. The predicted molar refractivity (Wildman–Crippen MR) is 83.4 cm³/mol. The van der Waals surface area contributed by atoms with Gasteiger partial charge in [0.05, 0.1) is 11.5 Å². The van der Waals surface area contributed by atoms with Gasteiger partial charge in [0, 0.05) is 38.4 Å². The van der Waals surface area contributed by atoms with Crippen LogP contribution in [0.4, 0.5) is 5.82 Å². The molecule has 2 N–H and O–H groups in total. The molecule has 3 heterocycles. The van der Waals surface area contributed by atoms with Crippen LogP contribution < -0.4 is 4.90 Å². The molecular weight excluding hydrogens is 266 g/mol. The Kier molecular flexibility index (Phi) is 4.07. The Morgan fingerprint density at radius 1 is 1.43 bits per heavy atom. The summed E-state index contributed by atoms with van der Waals surface area (Å²) in [6.45, 7) is 7.64. The molecule has 1 saturated heterocycles. The number of β-amino-alcohol motifs (C(OH)–C–C–N with tert-alkyl or cyclic N) is 1. The molecule has 0 spiro atoms. The summed E-state index contributed by atoms with van der Waals surface area (Å²) in [5, 5.41) is 10.7. The largest absolute Gasteiger partial charge is 0.392 e. The van der Waals surface area contributed by atoms with Crippen molar-refractivity contribution in [3.8, 4) is 0 Å². The Morgan fingerprint density at radius 3 is 3.05 bits per heavy atom. The van der Waals surface area contributed by atoms with E-state index in [1.165, 1.54) is 0 Å². The van der Waals surface area contributed by atoms with Crippen molar-refractivity contribution >= 4 is 16.9 Å². The number of aromatic nitrogens is 3. The molecule has 0 bridgehead atoms. The number of aromatic amines is 1. The van der Waals surface area contributed by atoms with Gasteiger partial charge in [0.15, 0.2) is 0 Å². The fourth-order valence-electron chi connectivity index (χ4n) is 3.16. The number of rotatable bonds is 4. The first-order valence-electron chi connectivity index (χ1n) is 7.64. The summed E-state index contributed by atoms with van der Waals surface area (Å²) in [7, 11) is 0. The van der Waals surface area contributed by atoms with Gasteiger partial charge in [-0.05, 0) is 19.4 Å². The van der Waals surface area contributed by atoms with Crippen LogP contribution in [0.15, 0.2) is 18.6 Å². The molecule has 114 valence electrons. The van der Waals surface area contributed by atoms with Gasteiger partial charge in [0.25, 0.3) is 0 Å². The highest BCUT2D eigenvalue weighted by Crippen LogP contribution is 2.25. The minimum atomic E-state index is -0.277.